The Morgan fingerprint density at radius 1 is 1.55 bits per heavy atom. The standard InChI is InChI=1S/C8H12O2S/c1-2-3-10-8-6-11-5-7(8)4-9/h5-6,9H,2-4H2,1H3. The third kappa shape index (κ3) is 2.20. The Bertz CT molecular complexity index is 208. The number of aliphatic hydroxyl groups excluding tert-OH is 1. The van der Waals surface area contributed by atoms with Crippen LogP contribution < -0.4 is 4.74 Å². The second-order valence-corrected chi connectivity index (χ2v) is 3.01. The molecule has 0 aliphatic carbocycles. The van der Waals surface area contributed by atoms with E-state index in [1.807, 2.05) is 10.8 Å². The van der Waals surface area contributed by atoms with Gasteiger partial charge in [0.05, 0.1) is 13.2 Å². The lowest BCUT2D eigenvalue weighted by Gasteiger charge is -2.02. The predicted octanol–water partition coefficient (Wildman–Crippen LogP) is 2.03. The maximum atomic E-state index is 8.83. The largest absolute Gasteiger partial charge is 0.492 e. The average Bonchev–Trinajstić information content (AvgIpc) is 2.47. The molecule has 0 bridgehead atoms. The number of thiophene rings is 1. The molecule has 1 heterocycles. The van der Waals surface area contributed by atoms with Crippen molar-refractivity contribution in [1.82, 2.24) is 0 Å². The van der Waals surface area contributed by atoms with Crippen LogP contribution in [0.25, 0.3) is 0 Å². The maximum absolute atomic E-state index is 8.83. The highest BCUT2D eigenvalue weighted by Crippen LogP contribution is 2.23. The normalized spacial score (nSPS) is 10.0. The molecule has 1 N–H and O–H groups in total. The average molecular weight is 172 g/mol. The van der Waals surface area contributed by atoms with Gasteiger partial charge in [-0.3, -0.25) is 0 Å². The van der Waals surface area contributed by atoms with Crippen molar-refractivity contribution in [2.45, 2.75) is 20.0 Å². The van der Waals surface area contributed by atoms with E-state index in [2.05, 4.69) is 6.92 Å². The van der Waals surface area contributed by atoms with Crippen molar-refractivity contribution in [3.63, 3.8) is 0 Å². The summed E-state index contributed by atoms with van der Waals surface area (Å²) in [5, 5.41) is 12.7. The quantitative estimate of drug-likeness (QED) is 0.753. The topological polar surface area (TPSA) is 29.5 Å². The smallest absolute Gasteiger partial charge is 0.135 e. The second kappa shape index (κ2) is 4.36. The van der Waals surface area contributed by atoms with Gasteiger partial charge in [-0.15, -0.1) is 11.3 Å². The van der Waals surface area contributed by atoms with Gasteiger partial charge in [0.15, 0.2) is 0 Å². The molecular formula is C8H12O2S. The molecule has 0 fully saturated rings. The highest BCUT2D eigenvalue weighted by Gasteiger charge is 2.01. The fourth-order valence-corrected chi connectivity index (χ4v) is 1.53. The Hall–Kier alpha value is -0.540. The molecule has 0 saturated carbocycles. The third-order valence-electron chi connectivity index (χ3n) is 1.33. The Balaban J connectivity index is 2.54. The van der Waals surface area contributed by atoms with E-state index in [0.29, 0.717) is 0 Å². The molecule has 62 valence electrons. The summed E-state index contributed by atoms with van der Waals surface area (Å²) in [6.07, 6.45) is 1.00. The molecule has 1 rings (SSSR count). The second-order valence-electron chi connectivity index (χ2n) is 2.27. The Morgan fingerprint density at radius 3 is 3.00 bits per heavy atom. The van der Waals surface area contributed by atoms with Gasteiger partial charge in [0.1, 0.15) is 5.75 Å². The van der Waals surface area contributed by atoms with Gasteiger partial charge in [-0.2, -0.15) is 0 Å². The van der Waals surface area contributed by atoms with E-state index in [9.17, 15) is 0 Å². The summed E-state index contributed by atoms with van der Waals surface area (Å²) in [6.45, 7) is 2.86. The summed E-state index contributed by atoms with van der Waals surface area (Å²) in [4.78, 5) is 0. The maximum Gasteiger partial charge on any atom is 0.135 e. The van der Waals surface area contributed by atoms with Gasteiger partial charge in [-0.1, -0.05) is 6.92 Å². The van der Waals surface area contributed by atoms with Crippen molar-refractivity contribution in [2.24, 2.45) is 0 Å². The van der Waals surface area contributed by atoms with Gasteiger partial charge >= 0.3 is 0 Å². The van der Waals surface area contributed by atoms with Gasteiger partial charge in [0.2, 0.25) is 0 Å². The monoisotopic (exact) mass is 172 g/mol. The molecule has 0 unspecified atom stereocenters. The molecule has 0 aromatic carbocycles. The molecule has 1 aromatic rings. The fraction of sp³-hybridized carbons (Fsp3) is 0.500. The zero-order valence-corrected chi connectivity index (χ0v) is 7.36. The summed E-state index contributed by atoms with van der Waals surface area (Å²) >= 11 is 1.56. The van der Waals surface area contributed by atoms with Crippen LogP contribution in [0, 0.1) is 0 Å². The summed E-state index contributed by atoms with van der Waals surface area (Å²) in [7, 11) is 0. The lowest BCUT2D eigenvalue weighted by Crippen LogP contribution is -1.96. The minimum Gasteiger partial charge on any atom is -0.492 e. The van der Waals surface area contributed by atoms with Crippen molar-refractivity contribution in [2.75, 3.05) is 6.61 Å². The number of hydrogen-bond donors (Lipinski definition) is 1. The molecule has 11 heavy (non-hydrogen) atoms. The van der Waals surface area contributed by atoms with Crippen LogP contribution in [0.15, 0.2) is 10.8 Å². The first kappa shape index (κ1) is 8.56. The van der Waals surface area contributed by atoms with E-state index < -0.39 is 0 Å². The van der Waals surface area contributed by atoms with Crippen LogP contribution in [0.3, 0.4) is 0 Å². The first-order valence-electron chi connectivity index (χ1n) is 3.67. The van der Waals surface area contributed by atoms with E-state index in [1.165, 1.54) is 0 Å². The van der Waals surface area contributed by atoms with Gasteiger partial charge < -0.3 is 9.84 Å². The van der Waals surface area contributed by atoms with Crippen molar-refractivity contribution < 1.29 is 9.84 Å². The molecule has 2 nitrogen and oxygen atoms in total. The van der Waals surface area contributed by atoms with Crippen molar-refractivity contribution >= 4 is 11.3 Å². The molecule has 0 radical (unpaired) electrons. The zero-order chi connectivity index (χ0) is 8.10. The molecule has 0 amide bonds. The first-order valence-corrected chi connectivity index (χ1v) is 4.61. The van der Waals surface area contributed by atoms with Gasteiger partial charge in [-0.05, 0) is 6.42 Å². The first-order chi connectivity index (χ1) is 5.38. The molecule has 0 saturated heterocycles. The van der Waals surface area contributed by atoms with E-state index in [1.54, 1.807) is 11.3 Å². The molecule has 0 spiro atoms. The van der Waals surface area contributed by atoms with Crippen LogP contribution in [-0.2, 0) is 6.61 Å². The van der Waals surface area contributed by atoms with E-state index >= 15 is 0 Å². The Kier molecular flexibility index (Phi) is 3.39. The highest BCUT2D eigenvalue weighted by atomic mass is 32.1. The number of hydrogen-bond acceptors (Lipinski definition) is 3. The van der Waals surface area contributed by atoms with Gasteiger partial charge in [0.25, 0.3) is 0 Å². The Morgan fingerprint density at radius 2 is 2.36 bits per heavy atom. The molecule has 0 aliphatic rings. The van der Waals surface area contributed by atoms with Gasteiger partial charge in [0, 0.05) is 16.3 Å². The third-order valence-corrected chi connectivity index (χ3v) is 2.10. The summed E-state index contributed by atoms with van der Waals surface area (Å²) < 4.78 is 5.37. The van der Waals surface area contributed by atoms with Crippen LogP contribution in [0.4, 0.5) is 0 Å². The molecule has 1 aromatic heterocycles. The number of rotatable bonds is 4. The minimum absolute atomic E-state index is 0.0720. The summed E-state index contributed by atoms with van der Waals surface area (Å²) in [5.74, 6) is 0.833. The van der Waals surface area contributed by atoms with Crippen LogP contribution in [0.1, 0.15) is 18.9 Å². The van der Waals surface area contributed by atoms with Crippen molar-refractivity contribution in [3.8, 4) is 5.75 Å². The van der Waals surface area contributed by atoms with E-state index in [4.69, 9.17) is 9.84 Å². The molecular weight excluding hydrogens is 160 g/mol. The highest BCUT2D eigenvalue weighted by molar-refractivity contribution is 7.08. The fourth-order valence-electron chi connectivity index (χ4n) is 0.766. The predicted molar refractivity (Wildman–Crippen MR) is 46.0 cm³/mol. The van der Waals surface area contributed by atoms with Crippen LogP contribution in [0.2, 0.25) is 0 Å². The number of aliphatic hydroxyl groups is 1. The molecule has 0 aliphatic heterocycles. The summed E-state index contributed by atoms with van der Waals surface area (Å²) in [6, 6.07) is 0. The Labute approximate surface area is 70.4 Å². The molecule has 3 heteroatoms. The van der Waals surface area contributed by atoms with Crippen LogP contribution in [-0.4, -0.2) is 11.7 Å². The lowest BCUT2D eigenvalue weighted by atomic mass is 10.3. The summed E-state index contributed by atoms with van der Waals surface area (Å²) in [5.41, 5.74) is 0.892. The SMILES string of the molecule is CCCOc1cscc1CO. The number of ether oxygens (including phenoxy) is 1. The lowest BCUT2D eigenvalue weighted by molar-refractivity contribution is 0.264. The zero-order valence-electron chi connectivity index (χ0n) is 6.54. The van der Waals surface area contributed by atoms with Crippen molar-refractivity contribution in [3.05, 3.63) is 16.3 Å². The van der Waals surface area contributed by atoms with Crippen molar-refractivity contribution in [1.29, 1.82) is 0 Å². The minimum atomic E-state index is 0.0720. The van der Waals surface area contributed by atoms with E-state index in [-0.39, 0.29) is 6.61 Å². The van der Waals surface area contributed by atoms with Gasteiger partial charge in [-0.25, -0.2) is 0 Å². The van der Waals surface area contributed by atoms with E-state index in [0.717, 1.165) is 24.3 Å². The van der Waals surface area contributed by atoms with Crippen LogP contribution in [0.5, 0.6) is 5.75 Å². The molecule has 0 atom stereocenters. The van der Waals surface area contributed by atoms with Crippen LogP contribution >= 0.6 is 11.3 Å².